The SMILES string of the molecule is Cc1c(Br)cccc1Nc1cc(C(=O)N(C)C)ccc1N. The first-order valence-electron chi connectivity index (χ1n) is 6.53. The highest BCUT2D eigenvalue weighted by atomic mass is 79.9. The van der Waals surface area contributed by atoms with Crippen LogP contribution < -0.4 is 11.1 Å². The highest BCUT2D eigenvalue weighted by Gasteiger charge is 2.11. The molecule has 2 aromatic rings. The summed E-state index contributed by atoms with van der Waals surface area (Å²) in [6, 6.07) is 11.2. The summed E-state index contributed by atoms with van der Waals surface area (Å²) in [7, 11) is 3.45. The number of rotatable bonds is 3. The number of carbonyl (C=O) groups excluding carboxylic acids is 1. The predicted octanol–water partition coefficient (Wildman–Crippen LogP) is 3.79. The number of nitrogens with one attached hydrogen (secondary N) is 1. The Kier molecular flexibility index (Phi) is 4.53. The Morgan fingerprint density at radius 3 is 2.57 bits per heavy atom. The second-order valence-electron chi connectivity index (χ2n) is 5.04. The van der Waals surface area contributed by atoms with Crippen LogP contribution >= 0.6 is 15.9 Å². The molecule has 0 heterocycles. The molecule has 21 heavy (non-hydrogen) atoms. The van der Waals surface area contributed by atoms with Crippen molar-refractivity contribution in [2.24, 2.45) is 0 Å². The van der Waals surface area contributed by atoms with Gasteiger partial charge in [-0.15, -0.1) is 0 Å². The van der Waals surface area contributed by atoms with E-state index in [-0.39, 0.29) is 5.91 Å². The summed E-state index contributed by atoms with van der Waals surface area (Å²) in [5, 5.41) is 3.29. The van der Waals surface area contributed by atoms with E-state index in [0.29, 0.717) is 11.3 Å². The van der Waals surface area contributed by atoms with E-state index >= 15 is 0 Å². The van der Waals surface area contributed by atoms with Gasteiger partial charge < -0.3 is 16.0 Å². The van der Waals surface area contributed by atoms with Crippen LogP contribution in [-0.4, -0.2) is 24.9 Å². The molecule has 5 heteroatoms. The zero-order valence-electron chi connectivity index (χ0n) is 12.3. The molecule has 0 saturated heterocycles. The van der Waals surface area contributed by atoms with Crippen LogP contribution in [0.15, 0.2) is 40.9 Å². The van der Waals surface area contributed by atoms with Crippen molar-refractivity contribution in [2.75, 3.05) is 25.1 Å². The molecule has 4 nitrogen and oxygen atoms in total. The molecule has 0 saturated carbocycles. The fourth-order valence-electron chi connectivity index (χ4n) is 1.94. The normalized spacial score (nSPS) is 10.3. The number of halogens is 1. The van der Waals surface area contributed by atoms with Gasteiger partial charge in [0.1, 0.15) is 0 Å². The average Bonchev–Trinajstić information content (AvgIpc) is 2.45. The summed E-state index contributed by atoms with van der Waals surface area (Å²) >= 11 is 3.50. The Morgan fingerprint density at radius 2 is 1.90 bits per heavy atom. The van der Waals surface area contributed by atoms with Crippen molar-refractivity contribution in [2.45, 2.75) is 6.92 Å². The Hall–Kier alpha value is -2.01. The Morgan fingerprint density at radius 1 is 1.19 bits per heavy atom. The topological polar surface area (TPSA) is 58.4 Å². The van der Waals surface area contributed by atoms with Crippen LogP contribution in [0.3, 0.4) is 0 Å². The molecule has 0 spiro atoms. The van der Waals surface area contributed by atoms with Crippen LogP contribution in [-0.2, 0) is 0 Å². The number of nitrogens with two attached hydrogens (primary N) is 1. The smallest absolute Gasteiger partial charge is 0.253 e. The van der Waals surface area contributed by atoms with Crippen LogP contribution in [0.1, 0.15) is 15.9 Å². The van der Waals surface area contributed by atoms with Crippen molar-refractivity contribution in [3.63, 3.8) is 0 Å². The maximum Gasteiger partial charge on any atom is 0.253 e. The molecule has 3 N–H and O–H groups in total. The van der Waals surface area contributed by atoms with Crippen molar-refractivity contribution >= 4 is 38.9 Å². The summed E-state index contributed by atoms with van der Waals surface area (Å²) < 4.78 is 1.02. The molecule has 2 rings (SSSR count). The maximum absolute atomic E-state index is 12.0. The highest BCUT2D eigenvalue weighted by molar-refractivity contribution is 9.10. The van der Waals surface area contributed by atoms with Crippen LogP contribution in [0.2, 0.25) is 0 Å². The predicted molar refractivity (Wildman–Crippen MR) is 91.0 cm³/mol. The molecule has 0 aliphatic rings. The number of hydrogen-bond acceptors (Lipinski definition) is 3. The number of amides is 1. The van der Waals surface area contributed by atoms with Gasteiger partial charge in [0.25, 0.3) is 5.91 Å². The Bertz CT molecular complexity index is 683. The van der Waals surface area contributed by atoms with E-state index in [0.717, 1.165) is 21.4 Å². The molecule has 0 atom stereocenters. The van der Waals surface area contributed by atoms with Crippen LogP contribution in [0.4, 0.5) is 17.1 Å². The summed E-state index contributed by atoms with van der Waals surface area (Å²) in [6.45, 7) is 2.01. The number of hydrogen-bond donors (Lipinski definition) is 2. The molecule has 0 aliphatic heterocycles. The highest BCUT2D eigenvalue weighted by Crippen LogP contribution is 2.29. The van der Waals surface area contributed by atoms with Gasteiger partial charge in [-0.25, -0.2) is 0 Å². The van der Waals surface area contributed by atoms with E-state index in [1.165, 1.54) is 0 Å². The van der Waals surface area contributed by atoms with Gasteiger partial charge in [-0.3, -0.25) is 4.79 Å². The van der Waals surface area contributed by atoms with Gasteiger partial charge in [-0.2, -0.15) is 0 Å². The van der Waals surface area contributed by atoms with Crippen LogP contribution in [0.5, 0.6) is 0 Å². The van der Waals surface area contributed by atoms with E-state index in [1.807, 2.05) is 25.1 Å². The fourth-order valence-corrected chi connectivity index (χ4v) is 2.31. The van der Waals surface area contributed by atoms with Gasteiger partial charge >= 0.3 is 0 Å². The van der Waals surface area contributed by atoms with Crippen LogP contribution in [0.25, 0.3) is 0 Å². The van der Waals surface area contributed by atoms with Gasteiger partial charge in [-0.1, -0.05) is 22.0 Å². The van der Waals surface area contributed by atoms with E-state index < -0.39 is 0 Å². The lowest BCUT2D eigenvalue weighted by atomic mass is 10.1. The largest absolute Gasteiger partial charge is 0.397 e. The molecule has 0 radical (unpaired) electrons. The van der Waals surface area contributed by atoms with Crippen molar-refractivity contribution < 1.29 is 4.79 Å². The first-order chi connectivity index (χ1) is 9.90. The summed E-state index contributed by atoms with van der Waals surface area (Å²) in [4.78, 5) is 13.6. The standard InChI is InChI=1S/C16H18BrN3O/c1-10-12(17)5-4-6-14(10)19-15-9-11(7-8-13(15)18)16(21)20(2)3/h4-9,19H,18H2,1-3H3. The number of nitrogens with zero attached hydrogens (tertiary/aromatic N) is 1. The summed E-state index contributed by atoms with van der Waals surface area (Å²) in [5.41, 5.74) is 9.97. The second-order valence-corrected chi connectivity index (χ2v) is 5.89. The monoisotopic (exact) mass is 347 g/mol. The first kappa shape index (κ1) is 15.4. The number of carbonyl (C=O) groups is 1. The number of nitrogen functional groups attached to an aromatic ring is 1. The molecular weight excluding hydrogens is 330 g/mol. The third kappa shape index (κ3) is 3.36. The van der Waals surface area contributed by atoms with Gasteiger partial charge in [0.15, 0.2) is 0 Å². The van der Waals surface area contributed by atoms with E-state index in [9.17, 15) is 4.79 Å². The molecule has 0 aliphatic carbocycles. The van der Waals surface area contributed by atoms with E-state index in [2.05, 4.69) is 21.2 Å². The molecule has 2 aromatic carbocycles. The van der Waals surface area contributed by atoms with Gasteiger partial charge in [0.05, 0.1) is 11.4 Å². The third-order valence-electron chi connectivity index (χ3n) is 3.24. The van der Waals surface area contributed by atoms with E-state index in [4.69, 9.17) is 5.73 Å². The van der Waals surface area contributed by atoms with Crippen molar-refractivity contribution in [3.05, 3.63) is 52.0 Å². The zero-order chi connectivity index (χ0) is 15.6. The van der Waals surface area contributed by atoms with Crippen molar-refractivity contribution in [1.29, 1.82) is 0 Å². The van der Waals surface area contributed by atoms with Crippen LogP contribution in [0, 0.1) is 6.92 Å². The first-order valence-corrected chi connectivity index (χ1v) is 7.32. The lowest BCUT2D eigenvalue weighted by Gasteiger charge is -2.15. The summed E-state index contributed by atoms with van der Waals surface area (Å²) in [5.74, 6) is -0.0518. The molecule has 0 fully saturated rings. The summed E-state index contributed by atoms with van der Waals surface area (Å²) in [6.07, 6.45) is 0. The second kappa shape index (κ2) is 6.18. The minimum Gasteiger partial charge on any atom is -0.397 e. The number of anilines is 3. The Balaban J connectivity index is 2.38. The molecule has 0 bridgehead atoms. The minimum atomic E-state index is -0.0518. The molecular formula is C16H18BrN3O. The van der Waals surface area contributed by atoms with Gasteiger partial charge in [0, 0.05) is 29.8 Å². The molecule has 1 amide bonds. The quantitative estimate of drug-likeness (QED) is 0.830. The molecule has 0 aromatic heterocycles. The molecule has 0 unspecified atom stereocenters. The van der Waals surface area contributed by atoms with Crippen molar-refractivity contribution in [3.8, 4) is 0 Å². The third-order valence-corrected chi connectivity index (χ3v) is 4.10. The zero-order valence-corrected chi connectivity index (χ0v) is 13.9. The average molecular weight is 348 g/mol. The van der Waals surface area contributed by atoms with Crippen molar-refractivity contribution in [1.82, 2.24) is 4.90 Å². The van der Waals surface area contributed by atoms with Gasteiger partial charge in [-0.05, 0) is 42.8 Å². The lowest BCUT2D eigenvalue weighted by molar-refractivity contribution is 0.0827. The maximum atomic E-state index is 12.0. The Labute approximate surface area is 133 Å². The minimum absolute atomic E-state index is 0.0518. The fraction of sp³-hybridized carbons (Fsp3) is 0.188. The number of benzene rings is 2. The van der Waals surface area contributed by atoms with Gasteiger partial charge in [0.2, 0.25) is 0 Å². The molecule has 110 valence electrons. The lowest BCUT2D eigenvalue weighted by Crippen LogP contribution is -2.21. The van der Waals surface area contributed by atoms with E-state index in [1.54, 1.807) is 37.2 Å².